The third-order valence-corrected chi connectivity index (χ3v) is 6.71. The van der Waals surface area contributed by atoms with E-state index in [0.717, 1.165) is 5.56 Å². The van der Waals surface area contributed by atoms with Crippen LogP contribution in [0.4, 0.5) is 5.69 Å². The van der Waals surface area contributed by atoms with E-state index in [2.05, 4.69) is 5.32 Å². The van der Waals surface area contributed by atoms with Crippen LogP contribution < -0.4 is 5.32 Å². The zero-order chi connectivity index (χ0) is 18.7. The molecule has 1 amide bonds. The Morgan fingerprint density at radius 1 is 1.12 bits per heavy atom. The quantitative estimate of drug-likeness (QED) is 0.862. The minimum Gasteiger partial charge on any atom is -0.326 e. The minimum atomic E-state index is -3.51. The number of aryl methyl sites for hydroxylation is 1. The average Bonchev–Trinajstić information content (AvgIpc) is 2.64. The second kappa shape index (κ2) is 7.78. The van der Waals surface area contributed by atoms with Gasteiger partial charge in [0.05, 0.1) is 4.90 Å². The molecular formula is C19H21ClN2O3S. The van der Waals surface area contributed by atoms with Gasteiger partial charge in [-0.1, -0.05) is 23.7 Å². The normalized spacial score (nSPS) is 16.4. The van der Waals surface area contributed by atoms with Crippen LogP contribution in [0.15, 0.2) is 53.4 Å². The fraction of sp³-hybridized carbons (Fsp3) is 0.316. The van der Waals surface area contributed by atoms with Crippen molar-refractivity contribution in [2.75, 3.05) is 18.4 Å². The van der Waals surface area contributed by atoms with Crippen LogP contribution >= 0.6 is 11.6 Å². The molecule has 1 N–H and O–H groups in total. The summed E-state index contributed by atoms with van der Waals surface area (Å²) in [5, 5.41) is 3.47. The van der Waals surface area contributed by atoms with Gasteiger partial charge in [0.25, 0.3) is 0 Å². The first-order chi connectivity index (χ1) is 12.4. The number of rotatable bonds is 4. The van der Waals surface area contributed by atoms with E-state index in [-0.39, 0.29) is 11.8 Å². The molecule has 1 heterocycles. The van der Waals surface area contributed by atoms with Crippen LogP contribution in [0.2, 0.25) is 5.02 Å². The van der Waals surface area contributed by atoms with Crippen molar-refractivity contribution in [3.05, 3.63) is 59.1 Å². The Labute approximate surface area is 159 Å². The molecule has 5 nitrogen and oxygen atoms in total. The van der Waals surface area contributed by atoms with E-state index in [9.17, 15) is 13.2 Å². The van der Waals surface area contributed by atoms with Crippen LogP contribution in [0.1, 0.15) is 18.4 Å². The largest absolute Gasteiger partial charge is 0.326 e. The minimum absolute atomic E-state index is 0.0834. The van der Waals surface area contributed by atoms with E-state index in [1.807, 2.05) is 13.0 Å². The summed E-state index contributed by atoms with van der Waals surface area (Å²) in [7, 11) is -3.51. The molecule has 0 aliphatic carbocycles. The summed E-state index contributed by atoms with van der Waals surface area (Å²) >= 11 is 5.84. The van der Waals surface area contributed by atoms with Gasteiger partial charge in [-0.05, 0) is 61.7 Å². The van der Waals surface area contributed by atoms with Crippen LogP contribution in [-0.2, 0) is 14.8 Å². The number of nitrogens with zero attached hydrogens (tertiary/aromatic N) is 1. The Bertz CT molecular complexity index is 889. The van der Waals surface area contributed by atoms with Crippen molar-refractivity contribution < 1.29 is 13.2 Å². The lowest BCUT2D eigenvalue weighted by Gasteiger charge is -2.30. The van der Waals surface area contributed by atoms with E-state index in [1.165, 1.54) is 4.31 Å². The van der Waals surface area contributed by atoms with E-state index in [4.69, 9.17) is 11.6 Å². The lowest BCUT2D eigenvalue weighted by molar-refractivity contribution is -0.120. The van der Waals surface area contributed by atoms with Gasteiger partial charge < -0.3 is 5.32 Å². The van der Waals surface area contributed by atoms with Crippen molar-refractivity contribution in [2.45, 2.75) is 24.7 Å². The molecule has 1 aliphatic heterocycles. The molecule has 26 heavy (non-hydrogen) atoms. The lowest BCUT2D eigenvalue weighted by Crippen LogP contribution is -2.41. The monoisotopic (exact) mass is 392 g/mol. The van der Waals surface area contributed by atoms with Gasteiger partial charge in [0.2, 0.25) is 15.9 Å². The summed E-state index contributed by atoms with van der Waals surface area (Å²) in [5.74, 6) is -0.283. The van der Waals surface area contributed by atoms with Gasteiger partial charge in [-0.3, -0.25) is 4.79 Å². The van der Waals surface area contributed by atoms with Crippen molar-refractivity contribution in [1.29, 1.82) is 0 Å². The molecule has 0 bridgehead atoms. The molecular weight excluding hydrogens is 372 g/mol. The maximum absolute atomic E-state index is 12.8. The SMILES string of the molecule is Cc1cccc(S(=O)(=O)N2CCC(C(=O)Nc3ccc(Cl)cc3)CC2)c1. The number of hydrogen-bond acceptors (Lipinski definition) is 3. The van der Waals surface area contributed by atoms with Gasteiger partial charge in [0.1, 0.15) is 0 Å². The molecule has 2 aromatic rings. The Morgan fingerprint density at radius 3 is 2.38 bits per heavy atom. The second-order valence-electron chi connectivity index (χ2n) is 6.49. The fourth-order valence-electron chi connectivity index (χ4n) is 3.06. The first-order valence-electron chi connectivity index (χ1n) is 8.49. The third-order valence-electron chi connectivity index (χ3n) is 4.56. The number of piperidine rings is 1. The van der Waals surface area contributed by atoms with Crippen LogP contribution in [-0.4, -0.2) is 31.7 Å². The van der Waals surface area contributed by atoms with Crippen molar-refractivity contribution in [2.24, 2.45) is 5.92 Å². The molecule has 0 saturated carbocycles. The van der Waals surface area contributed by atoms with Crippen molar-refractivity contribution in [3.63, 3.8) is 0 Å². The van der Waals surface area contributed by atoms with Crippen LogP contribution in [0, 0.1) is 12.8 Å². The molecule has 0 unspecified atom stereocenters. The topological polar surface area (TPSA) is 66.5 Å². The first-order valence-corrected chi connectivity index (χ1v) is 10.3. The highest BCUT2D eigenvalue weighted by atomic mass is 35.5. The maximum atomic E-state index is 12.8. The van der Waals surface area contributed by atoms with Gasteiger partial charge in [0.15, 0.2) is 0 Å². The molecule has 1 aliphatic rings. The van der Waals surface area contributed by atoms with Crippen molar-refractivity contribution in [3.8, 4) is 0 Å². The highest BCUT2D eigenvalue weighted by Gasteiger charge is 2.32. The molecule has 3 rings (SSSR count). The number of halogens is 1. The summed E-state index contributed by atoms with van der Waals surface area (Å²) in [5.41, 5.74) is 1.59. The highest BCUT2D eigenvalue weighted by Crippen LogP contribution is 2.25. The molecule has 1 fully saturated rings. The molecule has 138 valence electrons. The van der Waals surface area contributed by atoms with Gasteiger partial charge in [-0.15, -0.1) is 0 Å². The zero-order valence-electron chi connectivity index (χ0n) is 14.5. The Hall–Kier alpha value is -1.89. The third kappa shape index (κ3) is 4.26. The van der Waals surface area contributed by atoms with Crippen molar-refractivity contribution >= 4 is 33.2 Å². The number of sulfonamides is 1. The number of nitrogens with one attached hydrogen (secondary N) is 1. The summed E-state index contributed by atoms with van der Waals surface area (Å²) in [6, 6.07) is 13.8. The molecule has 1 saturated heterocycles. The van der Waals surface area contributed by atoms with Crippen LogP contribution in [0.5, 0.6) is 0 Å². The Kier molecular flexibility index (Phi) is 5.65. The number of carbonyl (C=O) groups is 1. The molecule has 0 spiro atoms. The smallest absolute Gasteiger partial charge is 0.243 e. The molecule has 0 radical (unpaired) electrons. The average molecular weight is 393 g/mol. The lowest BCUT2D eigenvalue weighted by atomic mass is 9.97. The Morgan fingerprint density at radius 2 is 1.77 bits per heavy atom. The van der Waals surface area contributed by atoms with Crippen LogP contribution in [0.3, 0.4) is 0 Å². The fourth-order valence-corrected chi connectivity index (χ4v) is 4.76. The zero-order valence-corrected chi connectivity index (χ0v) is 16.1. The number of benzene rings is 2. The molecule has 0 atom stereocenters. The molecule has 7 heteroatoms. The number of anilines is 1. The Balaban J connectivity index is 1.61. The number of carbonyl (C=O) groups excluding carboxylic acids is 1. The van der Waals surface area contributed by atoms with E-state index in [0.29, 0.717) is 41.5 Å². The van der Waals surface area contributed by atoms with Gasteiger partial charge in [-0.25, -0.2) is 8.42 Å². The van der Waals surface area contributed by atoms with Crippen LogP contribution in [0.25, 0.3) is 0 Å². The summed E-state index contributed by atoms with van der Waals surface area (Å²) in [6.07, 6.45) is 1.01. The number of amides is 1. The summed E-state index contributed by atoms with van der Waals surface area (Å²) in [6.45, 7) is 2.55. The standard InChI is InChI=1S/C19H21ClN2O3S/c1-14-3-2-4-18(13-14)26(24,25)22-11-9-15(10-12-22)19(23)21-17-7-5-16(20)6-8-17/h2-8,13,15H,9-12H2,1H3,(H,21,23). The van der Waals surface area contributed by atoms with E-state index >= 15 is 0 Å². The summed E-state index contributed by atoms with van der Waals surface area (Å²) < 4.78 is 27.0. The molecule has 2 aromatic carbocycles. The molecule has 0 aromatic heterocycles. The predicted molar refractivity (Wildman–Crippen MR) is 103 cm³/mol. The van der Waals surface area contributed by atoms with Gasteiger partial charge >= 0.3 is 0 Å². The van der Waals surface area contributed by atoms with Crippen molar-refractivity contribution in [1.82, 2.24) is 4.31 Å². The van der Waals surface area contributed by atoms with Gasteiger partial charge in [-0.2, -0.15) is 4.31 Å². The highest BCUT2D eigenvalue weighted by molar-refractivity contribution is 7.89. The summed E-state index contributed by atoms with van der Waals surface area (Å²) in [4.78, 5) is 12.7. The maximum Gasteiger partial charge on any atom is 0.243 e. The van der Waals surface area contributed by atoms with E-state index in [1.54, 1.807) is 42.5 Å². The predicted octanol–water partition coefficient (Wildman–Crippen LogP) is 3.69. The second-order valence-corrected chi connectivity index (χ2v) is 8.87. The van der Waals surface area contributed by atoms with E-state index < -0.39 is 10.0 Å². The van der Waals surface area contributed by atoms with Gasteiger partial charge in [0, 0.05) is 29.7 Å². The first kappa shape index (κ1) is 18.9. The number of hydrogen-bond donors (Lipinski definition) is 1.